The summed E-state index contributed by atoms with van der Waals surface area (Å²) in [6, 6.07) is 0. The van der Waals surface area contributed by atoms with E-state index >= 15 is 0 Å². The van der Waals surface area contributed by atoms with Crippen molar-refractivity contribution in [3.05, 3.63) is 0 Å². The Morgan fingerprint density at radius 2 is 1.29 bits per heavy atom. The zero-order valence-corrected chi connectivity index (χ0v) is 11.5. The van der Waals surface area contributed by atoms with Gasteiger partial charge in [0.15, 0.2) is 0 Å². The molecule has 0 amide bonds. The molecule has 4 unspecified atom stereocenters. The summed E-state index contributed by atoms with van der Waals surface area (Å²) in [6.45, 7) is 19.0. The quantitative estimate of drug-likeness (QED) is 0.597. The van der Waals surface area contributed by atoms with Crippen LogP contribution in [0, 0.1) is 29.1 Å². The maximum Gasteiger partial charge on any atom is -0.0354 e. The third kappa shape index (κ3) is 3.63. The molecule has 0 aromatic carbocycles. The summed E-state index contributed by atoms with van der Waals surface area (Å²) in [5.41, 5.74) is 0.446. The average Bonchev–Trinajstić information content (AvgIpc) is 2.11. The van der Waals surface area contributed by atoms with Gasteiger partial charge in [0.1, 0.15) is 0 Å². The monoisotopic (exact) mass is 198 g/mol. The number of hydrogen-bond donors (Lipinski definition) is 0. The van der Waals surface area contributed by atoms with Crippen molar-refractivity contribution in [3.63, 3.8) is 0 Å². The van der Waals surface area contributed by atoms with Gasteiger partial charge in [0.05, 0.1) is 0 Å². The molecule has 0 fully saturated rings. The first-order valence-electron chi connectivity index (χ1n) is 6.21. The molecule has 0 nitrogen and oxygen atoms in total. The molecule has 4 atom stereocenters. The van der Waals surface area contributed by atoms with Gasteiger partial charge in [-0.3, -0.25) is 0 Å². The van der Waals surface area contributed by atoms with E-state index in [4.69, 9.17) is 0 Å². The topological polar surface area (TPSA) is 0 Å². The van der Waals surface area contributed by atoms with E-state index in [2.05, 4.69) is 55.4 Å². The first-order valence-corrected chi connectivity index (χ1v) is 6.21. The lowest BCUT2D eigenvalue weighted by molar-refractivity contribution is 0.118. The van der Waals surface area contributed by atoms with Crippen LogP contribution in [-0.4, -0.2) is 0 Å². The molecule has 0 heterocycles. The maximum atomic E-state index is 2.42. The predicted octanol–water partition coefficient (Wildman–Crippen LogP) is 4.99. The highest BCUT2D eigenvalue weighted by molar-refractivity contribution is 4.79. The fourth-order valence-corrected chi connectivity index (χ4v) is 2.13. The molecule has 0 saturated heterocycles. The number of hydrogen-bond acceptors (Lipinski definition) is 0. The Labute approximate surface area is 91.5 Å². The summed E-state index contributed by atoms with van der Waals surface area (Å²) in [7, 11) is 0. The average molecular weight is 198 g/mol. The first-order chi connectivity index (χ1) is 6.21. The van der Waals surface area contributed by atoms with Gasteiger partial charge in [0, 0.05) is 0 Å². The van der Waals surface area contributed by atoms with Gasteiger partial charge < -0.3 is 0 Å². The molecule has 0 N–H and O–H groups in total. The molecule has 86 valence electrons. The van der Waals surface area contributed by atoms with E-state index in [1.807, 2.05) is 0 Å². The molecule has 0 aliphatic carbocycles. The van der Waals surface area contributed by atoms with Gasteiger partial charge in [-0.1, -0.05) is 61.8 Å². The summed E-state index contributed by atoms with van der Waals surface area (Å²) in [5, 5.41) is 0. The molecular formula is C14H30. The zero-order valence-electron chi connectivity index (χ0n) is 11.5. The number of rotatable bonds is 4. The van der Waals surface area contributed by atoms with E-state index in [9.17, 15) is 0 Å². The van der Waals surface area contributed by atoms with Crippen molar-refractivity contribution in [1.82, 2.24) is 0 Å². The van der Waals surface area contributed by atoms with E-state index in [0.29, 0.717) is 5.41 Å². The van der Waals surface area contributed by atoms with E-state index in [1.165, 1.54) is 6.42 Å². The molecule has 0 aliphatic heterocycles. The fourth-order valence-electron chi connectivity index (χ4n) is 2.13. The second-order valence-corrected chi connectivity index (χ2v) is 6.26. The summed E-state index contributed by atoms with van der Waals surface area (Å²) < 4.78 is 0. The van der Waals surface area contributed by atoms with Crippen molar-refractivity contribution in [2.75, 3.05) is 0 Å². The lowest BCUT2D eigenvalue weighted by Crippen LogP contribution is -2.30. The summed E-state index contributed by atoms with van der Waals surface area (Å²) in [5.74, 6) is 3.32. The van der Waals surface area contributed by atoms with E-state index in [0.717, 1.165) is 23.7 Å². The van der Waals surface area contributed by atoms with Crippen LogP contribution in [0.15, 0.2) is 0 Å². The Hall–Kier alpha value is 0. The molecule has 0 radical (unpaired) electrons. The molecule has 0 aromatic heterocycles. The van der Waals surface area contributed by atoms with Crippen molar-refractivity contribution in [1.29, 1.82) is 0 Å². The highest BCUT2D eigenvalue weighted by Gasteiger charge is 2.30. The van der Waals surface area contributed by atoms with Gasteiger partial charge in [-0.25, -0.2) is 0 Å². The van der Waals surface area contributed by atoms with Crippen molar-refractivity contribution >= 4 is 0 Å². The van der Waals surface area contributed by atoms with Gasteiger partial charge in [-0.15, -0.1) is 0 Å². The SMILES string of the molecule is CCC(C)C(C)C(C)C(C)C(C)(C)C. The van der Waals surface area contributed by atoms with Gasteiger partial charge >= 0.3 is 0 Å². The minimum absolute atomic E-state index is 0.446. The van der Waals surface area contributed by atoms with Crippen molar-refractivity contribution in [2.45, 2.75) is 61.8 Å². The molecule has 0 aromatic rings. The molecular weight excluding hydrogens is 168 g/mol. The van der Waals surface area contributed by atoms with Crippen molar-refractivity contribution in [3.8, 4) is 0 Å². The fraction of sp³-hybridized carbons (Fsp3) is 1.00. The largest absolute Gasteiger partial charge is 0.0651 e. The Bertz CT molecular complexity index is 152. The minimum Gasteiger partial charge on any atom is -0.0651 e. The Morgan fingerprint density at radius 3 is 1.57 bits per heavy atom. The van der Waals surface area contributed by atoms with Crippen LogP contribution in [-0.2, 0) is 0 Å². The highest BCUT2D eigenvalue weighted by atomic mass is 14.4. The third-order valence-corrected chi connectivity index (χ3v) is 4.53. The normalized spacial score (nSPS) is 21.4. The summed E-state index contributed by atoms with van der Waals surface area (Å²) in [4.78, 5) is 0. The summed E-state index contributed by atoms with van der Waals surface area (Å²) in [6.07, 6.45) is 1.31. The van der Waals surface area contributed by atoms with Crippen LogP contribution in [0.3, 0.4) is 0 Å². The lowest BCUT2D eigenvalue weighted by Gasteiger charge is -2.37. The smallest absolute Gasteiger partial charge is 0.0354 e. The second kappa shape index (κ2) is 5.19. The van der Waals surface area contributed by atoms with Crippen molar-refractivity contribution < 1.29 is 0 Å². The molecule has 0 saturated carbocycles. The van der Waals surface area contributed by atoms with Crippen LogP contribution < -0.4 is 0 Å². The zero-order chi connectivity index (χ0) is 11.5. The second-order valence-electron chi connectivity index (χ2n) is 6.26. The van der Waals surface area contributed by atoms with Crippen LogP contribution in [0.5, 0.6) is 0 Å². The third-order valence-electron chi connectivity index (χ3n) is 4.53. The molecule has 0 heteroatoms. The Kier molecular flexibility index (Phi) is 5.19. The Balaban J connectivity index is 4.38. The van der Waals surface area contributed by atoms with Gasteiger partial charge in [0.2, 0.25) is 0 Å². The van der Waals surface area contributed by atoms with Gasteiger partial charge in [-0.2, -0.15) is 0 Å². The van der Waals surface area contributed by atoms with Crippen LogP contribution >= 0.6 is 0 Å². The van der Waals surface area contributed by atoms with Crippen LogP contribution in [0.2, 0.25) is 0 Å². The van der Waals surface area contributed by atoms with Crippen LogP contribution in [0.25, 0.3) is 0 Å². The minimum atomic E-state index is 0.446. The Morgan fingerprint density at radius 1 is 0.857 bits per heavy atom. The molecule has 0 spiro atoms. The standard InChI is InChI=1S/C14H30/c1-9-10(2)11(3)12(4)13(5)14(6,7)8/h10-13H,9H2,1-8H3. The van der Waals surface area contributed by atoms with Gasteiger partial charge in [0.25, 0.3) is 0 Å². The maximum absolute atomic E-state index is 2.42. The lowest BCUT2D eigenvalue weighted by atomic mass is 9.68. The first kappa shape index (κ1) is 14.0. The van der Waals surface area contributed by atoms with Crippen LogP contribution in [0.1, 0.15) is 61.8 Å². The van der Waals surface area contributed by atoms with Crippen molar-refractivity contribution in [2.24, 2.45) is 29.1 Å². The van der Waals surface area contributed by atoms with E-state index < -0.39 is 0 Å². The molecule has 0 rings (SSSR count). The molecule has 0 bridgehead atoms. The summed E-state index contributed by atoms with van der Waals surface area (Å²) >= 11 is 0. The van der Waals surface area contributed by atoms with E-state index in [-0.39, 0.29) is 0 Å². The van der Waals surface area contributed by atoms with Gasteiger partial charge in [-0.05, 0) is 29.1 Å². The molecule has 0 aliphatic rings. The highest BCUT2D eigenvalue weighted by Crippen LogP contribution is 2.38. The molecule has 14 heavy (non-hydrogen) atoms. The van der Waals surface area contributed by atoms with E-state index in [1.54, 1.807) is 0 Å². The van der Waals surface area contributed by atoms with Crippen LogP contribution in [0.4, 0.5) is 0 Å². The predicted molar refractivity (Wildman–Crippen MR) is 66.4 cm³/mol.